The van der Waals surface area contributed by atoms with Crippen LogP contribution in [0.4, 0.5) is 5.69 Å². The monoisotopic (exact) mass is 369 g/mol. The Morgan fingerprint density at radius 2 is 2.00 bits per heavy atom. The van der Waals surface area contributed by atoms with Crippen molar-refractivity contribution >= 4 is 28.5 Å². The highest BCUT2D eigenvalue weighted by Crippen LogP contribution is 2.21. The van der Waals surface area contributed by atoms with Gasteiger partial charge in [-0.05, 0) is 18.1 Å². The summed E-state index contributed by atoms with van der Waals surface area (Å²) in [7, 11) is 0. The maximum absolute atomic E-state index is 12.6. The molecule has 1 amide bonds. The average Bonchev–Trinajstić information content (AvgIpc) is 3.09. The number of amidine groups is 1. The molecule has 0 fully saturated rings. The van der Waals surface area contributed by atoms with Crippen LogP contribution in [-0.4, -0.2) is 34.0 Å². The molecule has 0 bridgehead atoms. The van der Waals surface area contributed by atoms with Crippen LogP contribution < -0.4 is 0 Å². The first-order valence-corrected chi connectivity index (χ1v) is 9.28. The second-order valence-corrected chi connectivity index (χ2v) is 7.03. The van der Waals surface area contributed by atoms with E-state index < -0.39 is 4.92 Å². The van der Waals surface area contributed by atoms with E-state index in [2.05, 4.69) is 30.1 Å². The predicted molar refractivity (Wildman–Crippen MR) is 103 cm³/mol. The normalized spacial score (nSPS) is 13.6. The lowest BCUT2D eigenvalue weighted by molar-refractivity contribution is -0.384. The molecule has 6 nitrogen and oxygen atoms in total. The molecule has 1 aliphatic heterocycles. The molecule has 0 aliphatic carbocycles. The Hall–Kier alpha value is -2.67. The van der Waals surface area contributed by atoms with Crippen molar-refractivity contribution in [3.05, 3.63) is 75.3 Å². The van der Waals surface area contributed by atoms with Crippen LogP contribution >= 0.6 is 11.8 Å². The first-order chi connectivity index (χ1) is 12.5. The van der Waals surface area contributed by atoms with Crippen molar-refractivity contribution in [1.29, 1.82) is 0 Å². The van der Waals surface area contributed by atoms with E-state index in [0.717, 1.165) is 16.5 Å². The summed E-state index contributed by atoms with van der Waals surface area (Å²) >= 11 is 1.56. The van der Waals surface area contributed by atoms with Gasteiger partial charge >= 0.3 is 0 Å². The second-order valence-electron chi connectivity index (χ2n) is 6.09. The van der Waals surface area contributed by atoms with Crippen molar-refractivity contribution in [3.8, 4) is 0 Å². The number of carbonyl (C=O) groups is 1. The number of nitro groups is 1. The van der Waals surface area contributed by atoms with Gasteiger partial charge in [0.05, 0.1) is 17.9 Å². The van der Waals surface area contributed by atoms with Gasteiger partial charge in [-0.25, -0.2) is 0 Å². The number of benzene rings is 2. The first-order valence-electron chi connectivity index (χ1n) is 8.29. The molecule has 3 rings (SSSR count). The third-order valence-electron chi connectivity index (χ3n) is 4.06. The number of rotatable bonds is 5. The molecule has 0 saturated heterocycles. The minimum absolute atomic E-state index is 0.0262. The number of carbonyl (C=O) groups excluding carboxylic acids is 1. The van der Waals surface area contributed by atoms with Gasteiger partial charge in [0.1, 0.15) is 0 Å². The molecule has 0 spiro atoms. The van der Waals surface area contributed by atoms with Crippen molar-refractivity contribution < 1.29 is 9.72 Å². The molecule has 0 N–H and O–H groups in total. The highest BCUT2D eigenvalue weighted by Gasteiger charge is 2.24. The summed E-state index contributed by atoms with van der Waals surface area (Å²) in [6, 6.07) is 14.4. The van der Waals surface area contributed by atoms with E-state index in [-0.39, 0.29) is 18.0 Å². The molecule has 134 valence electrons. The van der Waals surface area contributed by atoms with Crippen molar-refractivity contribution in [2.24, 2.45) is 4.99 Å². The fraction of sp³-hybridized carbons (Fsp3) is 0.263. The maximum atomic E-state index is 12.6. The summed E-state index contributed by atoms with van der Waals surface area (Å²) in [6.45, 7) is 3.26. The van der Waals surface area contributed by atoms with E-state index in [1.807, 2.05) is 6.07 Å². The van der Waals surface area contributed by atoms with Gasteiger partial charge in [0.2, 0.25) is 5.91 Å². The van der Waals surface area contributed by atoms with Gasteiger partial charge < -0.3 is 0 Å². The Labute approximate surface area is 156 Å². The van der Waals surface area contributed by atoms with Crippen molar-refractivity contribution in [2.45, 2.75) is 19.1 Å². The third kappa shape index (κ3) is 4.49. The molecule has 2 aromatic rings. The average molecular weight is 369 g/mol. The van der Waals surface area contributed by atoms with Crippen molar-refractivity contribution in [1.82, 2.24) is 4.90 Å². The van der Waals surface area contributed by atoms with Crippen LogP contribution in [-0.2, 0) is 17.0 Å². The minimum atomic E-state index is -0.446. The first kappa shape index (κ1) is 18.1. The number of nitrogens with zero attached hydrogens (tertiary/aromatic N) is 3. The second kappa shape index (κ2) is 8.14. The number of nitro benzene ring substituents is 1. The smallest absolute Gasteiger partial charge is 0.269 e. The number of aliphatic imine (C=N–C) groups is 1. The quantitative estimate of drug-likeness (QED) is 0.596. The van der Waals surface area contributed by atoms with E-state index in [4.69, 9.17) is 0 Å². The largest absolute Gasteiger partial charge is 0.289 e. The Morgan fingerprint density at radius 1 is 1.23 bits per heavy atom. The van der Waals surface area contributed by atoms with Crippen molar-refractivity contribution in [2.75, 3.05) is 13.1 Å². The summed E-state index contributed by atoms with van der Waals surface area (Å²) in [5.41, 5.74) is 3.20. The van der Waals surface area contributed by atoms with Gasteiger partial charge in [0.25, 0.3) is 5.69 Å². The lowest BCUT2D eigenvalue weighted by atomic mass is 10.1. The maximum Gasteiger partial charge on any atom is 0.269 e. The molecule has 7 heteroatoms. The fourth-order valence-electron chi connectivity index (χ4n) is 2.74. The van der Waals surface area contributed by atoms with Gasteiger partial charge in [0.15, 0.2) is 5.17 Å². The number of amides is 1. The number of aryl methyl sites for hydroxylation is 1. The van der Waals surface area contributed by atoms with Crippen LogP contribution in [0.2, 0.25) is 0 Å². The molecule has 0 unspecified atom stereocenters. The van der Waals surface area contributed by atoms with E-state index in [0.29, 0.717) is 13.1 Å². The Kier molecular flexibility index (Phi) is 5.68. The molecule has 1 heterocycles. The van der Waals surface area contributed by atoms with Gasteiger partial charge in [-0.15, -0.1) is 0 Å². The van der Waals surface area contributed by atoms with Crippen LogP contribution in [0.25, 0.3) is 0 Å². The number of non-ortho nitro benzene ring substituents is 1. The van der Waals surface area contributed by atoms with Crippen LogP contribution in [0.1, 0.15) is 16.7 Å². The lowest BCUT2D eigenvalue weighted by Crippen LogP contribution is -2.34. The number of thioether (sulfide) groups is 1. The van der Waals surface area contributed by atoms with Crippen LogP contribution in [0.15, 0.2) is 53.5 Å². The highest BCUT2D eigenvalue weighted by molar-refractivity contribution is 8.13. The predicted octanol–water partition coefficient (Wildman–Crippen LogP) is 3.58. The number of hydrogen-bond acceptors (Lipinski definition) is 5. The van der Waals surface area contributed by atoms with Crippen LogP contribution in [0.5, 0.6) is 0 Å². The Morgan fingerprint density at radius 3 is 2.69 bits per heavy atom. The molecule has 0 atom stereocenters. The SMILES string of the molecule is Cc1cccc(CSC2=NCCN2C(=O)Cc2ccc([N+](=O)[O-])cc2)c1. The Bertz CT molecular complexity index is 849. The summed E-state index contributed by atoms with van der Waals surface area (Å²) in [5, 5.41) is 11.5. The fourth-order valence-corrected chi connectivity index (χ4v) is 3.74. The summed E-state index contributed by atoms with van der Waals surface area (Å²) in [5.74, 6) is 0.730. The molecule has 0 saturated carbocycles. The standard InChI is InChI=1S/C19H19N3O3S/c1-14-3-2-4-16(11-14)13-26-19-20-9-10-21(19)18(23)12-15-5-7-17(8-6-15)22(24)25/h2-8,11H,9-10,12-13H2,1H3. The lowest BCUT2D eigenvalue weighted by Gasteiger charge is -2.18. The van der Waals surface area contributed by atoms with E-state index in [1.54, 1.807) is 28.8 Å². The third-order valence-corrected chi connectivity index (χ3v) is 5.14. The minimum Gasteiger partial charge on any atom is -0.289 e. The molecule has 26 heavy (non-hydrogen) atoms. The van der Waals surface area contributed by atoms with Crippen LogP contribution in [0, 0.1) is 17.0 Å². The van der Waals surface area contributed by atoms with Crippen LogP contribution in [0.3, 0.4) is 0 Å². The summed E-state index contributed by atoms with van der Waals surface area (Å²) in [4.78, 5) is 29.0. The van der Waals surface area contributed by atoms with E-state index >= 15 is 0 Å². The molecular formula is C19H19N3O3S. The van der Waals surface area contributed by atoms with Gasteiger partial charge in [0, 0.05) is 24.4 Å². The molecule has 2 aromatic carbocycles. The topological polar surface area (TPSA) is 75.8 Å². The Balaban J connectivity index is 1.60. The van der Waals surface area contributed by atoms with Gasteiger partial charge in [-0.2, -0.15) is 0 Å². The zero-order chi connectivity index (χ0) is 18.5. The van der Waals surface area contributed by atoms with Gasteiger partial charge in [-0.1, -0.05) is 53.7 Å². The van der Waals surface area contributed by atoms with Gasteiger partial charge in [-0.3, -0.25) is 24.8 Å². The zero-order valence-corrected chi connectivity index (χ0v) is 15.2. The molecule has 0 radical (unpaired) electrons. The number of hydrogen-bond donors (Lipinski definition) is 0. The molecule has 0 aromatic heterocycles. The van der Waals surface area contributed by atoms with E-state index in [1.165, 1.54) is 23.3 Å². The highest BCUT2D eigenvalue weighted by atomic mass is 32.2. The zero-order valence-electron chi connectivity index (χ0n) is 14.4. The molecular weight excluding hydrogens is 350 g/mol. The van der Waals surface area contributed by atoms with E-state index in [9.17, 15) is 14.9 Å². The summed E-state index contributed by atoms with van der Waals surface area (Å²) < 4.78 is 0. The summed E-state index contributed by atoms with van der Waals surface area (Å²) in [6.07, 6.45) is 0.210. The van der Waals surface area contributed by atoms with Crippen molar-refractivity contribution in [3.63, 3.8) is 0 Å². The molecule has 1 aliphatic rings.